The van der Waals surface area contributed by atoms with E-state index in [4.69, 9.17) is 25.8 Å². The Balaban J connectivity index is 1.24. The van der Waals surface area contributed by atoms with Crippen LogP contribution in [0, 0.1) is 17.8 Å². The summed E-state index contributed by atoms with van der Waals surface area (Å²) in [5, 5.41) is 0.731. The van der Waals surface area contributed by atoms with Crippen LogP contribution in [0.3, 0.4) is 0 Å². The first kappa shape index (κ1) is 37.5. The molecule has 0 radical (unpaired) electrons. The van der Waals surface area contributed by atoms with E-state index in [1.54, 1.807) is 13.2 Å². The summed E-state index contributed by atoms with van der Waals surface area (Å²) in [6.07, 6.45) is 9.29. The molecule has 53 heavy (non-hydrogen) atoms. The molecule has 4 amide bonds. The lowest BCUT2D eigenvalue weighted by molar-refractivity contribution is 0.0131. The molecular formula is C39H50ClN5O7S. The summed E-state index contributed by atoms with van der Waals surface area (Å²) in [5.74, 6) is 0.526. The van der Waals surface area contributed by atoms with Crippen molar-refractivity contribution in [3.8, 4) is 5.75 Å². The highest BCUT2D eigenvalue weighted by Crippen LogP contribution is 2.47. The van der Waals surface area contributed by atoms with Gasteiger partial charge in [0.1, 0.15) is 15.7 Å². The van der Waals surface area contributed by atoms with Gasteiger partial charge < -0.3 is 28.9 Å². The Bertz CT molecular complexity index is 1890. The zero-order chi connectivity index (χ0) is 37.3. The van der Waals surface area contributed by atoms with E-state index in [9.17, 15) is 18.6 Å². The van der Waals surface area contributed by atoms with Crippen molar-refractivity contribution in [2.45, 2.75) is 57.0 Å². The lowest BCUT2D eigenvalue weighted by atomic mass is 9.68. The molecule has 2 aliphatic carbocycles. The number of methoxy groups -OCH3 is 2. The second-order valence-corrected chi connectivity index (χ2v) is 17.7. The molecule has 3 aliphatic heterocycles. The smallest absolute Gasteiger partial charge is 0.409 e. The topological polar surface area (TPSA) is 130 Å². The lowest BCUT2D eigenvalue weighted by Crippen LogP contribution is -2.54. The highest BCUT2D eigenvalue weighted by molar-refractivity contribution is 7.92. The zero-order valence-electron chi connectivity index (χ0n) is 30.8. The van der Waals surface area contributed by atoms with Crippen molar-refractivity contribution in [2.24, 2.45) is 22.1 Å². The lowest BCUT2D eigenvalue weighted by Gasteiger charge is -2.46. The van der Waals surface area contributed by atoms with Crippen LogP contribution in [0.2, 0.25) is 5.02 Å². The number of allylic oxidation sites excluding steroid dienone is 1. The minimum Gasteiger partial charge on any atom is -0.490 e. The van der Waals surface area contributed by atoms with Gasteiger partial charge in [-0.2, -0.15) is 0 Å². The minimum absolute atomic E-state index is 0.0211. The van der Waals surface area contributed by atoms with Gasteiger partial charge in [0.25, 0.3) is 5.91 Å². The molecular weight excluding hydrogens is 718 g/mol. The quantitative estimate of drug-likeness (QED) is 0.365. The van der Waals surface area contributed by atoms with E-state index in [0.29, 0.717) is 37.2 Å². The maximum absolute atomic E-state index is 14.6. The number of nitrogens with zero attached hydrogens (tertiary/aromatic N) is 4. The van der Waals surface area contributed by atoms with Gasteiger partial charge in [0.05, 0.1) is 31.3 Å². The molecule has 1 unspecified atom stereocenters. The molecule has 3 heterocycles. The van der Waals surface area contributed by atoms with Crippen LogP contribution in [0.15, 0.2) is 52.9 Å². The number of hydrogen-bond acceptors (Lipinski definition) is 8. The molecule has 5 aliphatic rings. The van der Waals surface area contributed by atoms with Gasteiger partial charge in [0.15, 0.2) is 0 Å². The van der Waals surface area contributed by atoms with E-state index >= 15 is 0 Å². The van der Waals surface area contributed by atoms with Gasteiger partial charge in [-0.15, -0.1) is 4.36 Å². The van der Waals surface area contributed by atoms with Crippen molar-refractivity contribution in [2.75, 3.05) is 70.7 Å². The molecule has 1 saturated heterocycles. The maximum Gasteiger partial charge on any atom is 0.409 e. The van der Waals surface area contributed by atoms with E-state index in [1.165, 1.54) is 28.0 Å². The Labute approximate surface area is 317 Å². The van der Waals surface area contributed by atoms with Crippen LogP contribution in [-0.2, 0) is 31.2 Å². The van der Waals surface area contributed by atoms with E-state index in [-0.39, 0.29) is 54.9 Å². The Morgan fingerprint density at radius 3 is 2.60 bits per heavy atom. The molecule has 2 bridgehead atoms. The predicted octanol–water partition coefficient (Wildman–Crippen LogP) is 6.07. The number of hydrogen-bond donors (Lipinski definition) is 1. The second kappa shape index (κ2) is 15.5. The van der Waals surface area contributed by atoms with Gasteiger partial charge in [-0.1, -0.05) is 36.7 Å². The number of benzene rings is 2. The normalized spacial score (nSPS) is 30.8. The fourth-order valence-electron chi connectivity index (χ4n) is 8.79. The largest absolute Gasteiger partial charge is 0.490 e. The van der Waals surface area contributed by atoms with Crippen LogP contribution in [-0.4, -0.2) is 104 Å². The molecule has 2 aromatic rings. The van der Waals surface area contributed by atoms with E-state index in [0.717, 1.165) is 49.4 Å². The number of aryl methyl sites for hydroxylation is 1. The summed E-state index contributed by atoms with van der Waals surface area (Å²) < 4.78 is 39.1. The number of carbonyl (C=O) groups excluding carboxylic acids is 3. The van der Waals surface area contributed by atoms with Crippen molar-refractivity contribution in [3.63, 3.8) is 0 Å². The Morgan fingerprint density at radius 2 is 1.87 bits per heavy atom. The van der Waals surface area contributed by atoms with Crippen LogP contribution in [0.5, 0.6) is 5.75 Å². The number of amides is 4. The SMILES string of the molecule is COC(=O)N1CCN(C(=O)NS2(=O)=NC(=O)c3ccc4c(c3)N(C[C@@H]3CC[C@H]3[C@@H](OC)/C=C/C[C@H](C)C2)C[C@@]2(CCCc3cc(Cl)ccc32)CO4)CC1. The molecule has 2 aromatic carbocycles. The summed E-state index contributed by atoms with van der Waals surface area (Å²) in [7, 11) is -0.499. The molecule has 14 heteroatoms. The number of halogens is 1. The van der Waals surface area contributed by atoms with Gasteiger partial charge >= 0.3 is 12.1 Å². The fraction of sp³-hybridized carbons (Fsp3) is 0.564. The fourth-order valence-corrected chi connectivity index (χ4v) is 10.9. The third-order valence-electron chi connectivity index (χ3n) is 11.8. The number of fused-ring (bicyclic) bond motifs is 4. The third kappa shape index (κ3) is 7.88. The molecule has 1 N–H and O–H groups in total. The van der Waals surface area contributed by atoms with E-state index in [1.807, 2.05) is 25.1 Å². The first-order chi connectivity index (χ1) is 25.5. The van der Waals surface area contributed by atoms with Gasteiger partial charge in [0.2, 0.25) is 0 Å². The van der Waals surface area contributed by atoms with Crippen LogP contribution in [0.4, 0.5) is 15.3 Å². The zero-order valence-corrected chi connectivity index (χ0v) is 32.3. The van der Waals surface area contributed by atoms with Crippen molar-refractivity contribution in [1.29, 1.82) is 0 Å². The van der Waals surface area contributed by atoms with Crippen LogP contribution in [0.25, 0.3) is 0 Å². The number of nitrogens with one attached hydrogen (secondary N) is 1. The summed E-state index contributed by atoms with van der Waals surface area (Å²) in [5.41, 5.74) is 3.32. The average molecular weight is 768 g/mol. The molecule has 12 nitrogen and oxygen atoms in total. The summed E-state index contributed by atoms with van der Waals surface area (Å²) >= 11 is 6.46. The monoisotopic (exact) mass is 767 g/mol. The summed E-state index contributed by atoms with van der Waals surface area (Å²) in [6, 6.07) is 10.9. The third-order valence-corrected chi connectivity index (χ3v) is 14.0. The Hall–Kier alpha value is -3.81. The van der Waals surface area contributed by atoms with E-state index in [2.05, 4.69) is 38.3 Å². The summed E-state index contributed by atoms with van der Waals surface area (Å²) in [4.78, 5) is 44.9. The Morgan fingerprint density at radius 1 is 1.08 bits per heavy atom. The molecule has 1 spiro atoms. The second-order valence-electron chi connectivity index (χ2n) is 15.3. The highest BCUT2D eigenvalue weighted by atomic mass is 35.5. The first-order valence-electron chi connectivity index (χ1n) is 18.7. The van der Waals surface area contributed by atoms with Crippen molar-refractivity contribution < 1.29 is 32.8 Å². The first-order valence-corrected chi connectivity index (χ1v) is 20.7. The molecule has 6 atom stereocenters. The minimum atomic E-state index is -3.57. The van der Waals surface area contributed by atoms with Crippen LogP contribution in [0.1, 0.15) is 60.5 Å². The number of urea groups is 1. The maximum atomic E-state index is 14.6. The molecule has 2 fully saturated rings. The van der Waals surface area contributed by atoms with Crippen molar-refractivity contribution >= 4 is 45.2 Å². The van der Waals surface area contributed by atoms with Crippen LogP contribution < -0.4 is 14.4 Å². The Kier molecular flexibility index (Phi) is 11.0. The number of piperazine rings is 1. The number of rotatable bonds is 2. The summed E-state index contributed by atoms with van der Waals surface area (Å²) in [6.45, 7) is 4.89. The highest BCUT2D eigenvalue weighted by Gasteiger charge is 2.44. The van der Waals surface area contributed by atoms with Gasteiger partial charge in [-0.25, -0.2) is 13.8 Å². The predicted molar refractivity (Wildman–Crippen MR) is 204 cm³/mol. The molecule has 0 aromatic heterocycles. The molecule has 1 saturated carbocycles. The number of carbonyl (C=O) groups is 3. The average Bonchev–Trinajstić information content (AvgIpc) is 3.28. The van der Waals surface area contributed by atoms with Crippen molar-refractivity contribution in [3.05, 3.63) is 70.3 Å². The number of anilines is 1. The van der Waals surface area contributed by atoms with Gasteiger partial charge in [-0.05, 0) is 97.7 Å². The van der Waals surface area contributed by atoms with Crippen LogP contribution >= 0.6 is 11.6 Å². The van der Waals surface area contributed by atoms with E-state index < -0.39 is 27.9 Å². The van der Waals surface area contributed by atoms with Gasteiger partial charge in [-0.3, -0.25) is 9.52 Å². The van der Waals surface area contributed by atoms with Crippen molar-refractivity contribution in [1.82, 2.24) is 14.5 Å². The molecule has 286 valence electrons. The molecule has 7 rings (SSSR count). The standard InChI is InChI=1S/C39H50ClN5O7S/c1-26-6-4-8-34(50-2)31-12-9-29(31)22-45-24-39(15-5-7-27-20-30(40)11-13-32(27)39)25-52-35-14-10-28(21-33(35)45)36(46)41-53(49,23-26)42-37(47)43-16-18-44(19-17-43)38(48)51-3/h4,8,10-11,13-14,20-21,26,29,31,34H,5-7,9,12,15-19,22-25H2,1-3H3,(H,41,42,46,47,49)/b8-4+/t26-,29-,31+,34-,39-,53?/m0/s1. The van der Waals surface area contributed by atoms with Gasteiger partial charge in [0, 0.05) is 62.4 Å². The number of ether oxygens (including phenoxy) is 3.